The van der Waals surface area contributed by atoms with Crippen LogP contribution in [0.25, 0.3) is 16.9 Å². The number of aromatic nitrogens is 2. The van der Waals surface area contributed by atoms with Gasteiger partial charge in [0.1, 0.15) is 17.5 Å². The summed E-state index contributed by atoms with van der Waals surface area (Å²) < 4.78 is 27.6. The van der Waals surface area contributed by atoms with E-state index in [1.165, 1.54) is 35.0 Å². The molecule has 0 saturated heterocycles. The van der Waals surface area contributed by atoms with Crippen LogP contribution in [0.2, 0.25) is 5.02 Å². The van der Waals surface area contributed by atoms with Gasteiger partial charge in [0.05, 0.1) is 16.4 Å². The van der Waals surface area contributed by atoms with Crippen molar-refractivity contribution in [2.24, 2.45) is 0 Å². The predicted octanol–water partition coefficient (Wildman–Crippen LogP) is 4.05. The summed E-state index contributed by atoms with van der Waals surface area (Å²) in [6.07, 6.45) is 0. The number of nitrogens with zero attached hydrogens (tertiary/aromatic N) is 2. The van der Waals surface area contributed by atoms with E-state index in [1.54, 1.807) is 18.2 Å². The van der Waals surface area contributed by atoms with Crippen LogP contribution in [0.15, 0.2) is 48.5 Å². The maximum Gasteiger partial charge on any atom is 0.141 e. The minimum absolute atomic E-state index is 0.00858. The van der Waals surface area contributed by atoms with Gasteiger partial charge in [0.25, 0.3) is 0 Å². The molecule has 1 aromatic heterocycles. The van der Waals surface area contributed by atoms with E-state index >= 15 is 0 Å². The minimum Gasteiger partial charge on any atom is -0.384 e. The number of hydrogen-bond donors (Lipinski definition) is 1. The molecule has 6 heteroatoms. The molecule has 3 aromatic rings. The molecule has 0 radical (unpaired) electrons. The van der Waals surface area contributed by atoms with Crippen LogP contribution >= 0.6 is 11.6 Å². The second-order valence-electron chi connectivity index (χ2n) is 4.47. The largest absolute Gasteiger partial charge is 0.384 e. The van der Waals surface area contributed by atoms with E-state index in [-0.39, 0.29) is 10.8 Å². The molecule has 0 atom stereocenters. The summed E-state index contributed by atoms with van der Waals surface area (Å²) >= 11 is 5.76. The van der Waals surface area contributed by atoms with E-state index in [9.17, 15) is 8.78 Å². The Kier molecular flexibility index (Phi) is 3.35. The first-order valence-electron chi connectivity index (χ1n) is 6.11. The summed E-state index contributed by atoms with van der Waals surface area (Å²) in [5.41, 5.74) is 7.79. The van der Waals surface area contributed by atoms with Gasteiger partial charge in [-0.2, -0.15) is 5.10 Å². The van der Waals surface area contributed by atoms with Crippen LogP contribution in [0.1, 0.15) is 0 Å². The Morgan fingerprint density at radius 1 is 1.00 bits per heavy atom. The summed E-state index contributed by atoms with van der Waals surface area (Å²) in [6.45, 7) is 0. The van der Waals surface area contributed by atoms with Crippen LogP contribution in [0.3, 0.4) is 0 Å². The molecule has 2 aromatic carbocycles. The Balaban J connectivity index is 2.05. The number of nitrogen functional groups attached to an aromatic ring is 1. The lowest BCUT2D eigenvalue weighted by Gasteiger charge is -2.04. The van der Waals surface area contributed by atoms with Crippen LogP contribution in [0, 0.1) is 11.6 Å². The van der Waals surface area contributed by atoms with Crippen molar-refractivity contribution in [3.63, 3.8) is 0 Å². The minimum atomic E-state index is -0.509. The van der Waals surface area contributed by atoms with Crippen molar-refractivity contribution >= 4 is 17.4 Å². The molecular weight excluding hydrogens is 296 g/mol. The maximum atomic E-state index is 13.2. The fourth-order valence-electron chi connectivity index (χ4n) is 1.98. The van der Waals surface area contributed by atoms with Gasteiger partial charge < -0.3 is 5.73 Å². The molecule has 0 aliphatic carbocycles. The first kappa shape index (κ1) is 13.6. The van der Waals surface area contributed by atoms with E-state index in [0.717, 1.165) is 5.56 Å². The van der Waals surface area contributed by atoms with E-state index in [2.05, 4.69) is 5.10 Å². The van der Waals surface area contributed by atoms with Crippen LogP contribution in [-0.2, 0) is 0 Å². The van der Waals surface area contributed by atoms with Crippen LogP contribution in [0.4, 0.5) is 14.6 Å². The summed E-state index contributed by atoms with van der Waals surface area (Å²) in [7, 11) is 0. The van der Waals surface area contributed by atoms with E-state index in [0.29, 0.717) is 17.2 Å². The van der Waals surface area contributed by atoms with Gasteiger partial charge in [-0.1, -0.05) is 11.6 Å². The highest BCUT2D eigenvalue weighted by molar-refractivity contribution is 6.30. The Morgan fingerprint density at radius 2 is 1.71 bits per heavy atom. The highest BCUT2D eigenvalue weighted by Crippen LogP contribution is 2.25. The van der Waals surface area contributed by atoms with E-state index in [4.69, 9.17) is 17.3 Å². The van der Waals surface area contributed by atoms with Crippen molar-refractivity contribution in [1.82, 2.24) is 9.78 Å². The van der Waals surface area contributed by atoms with Crippen LogP contribution in [0.5, 0.6) is 0 Å². The van der Waals surface area contributed by atoms with E-state index < -0.39 is 5.82 Å². The molecule has 3 nitrogen and oxygen atoms in total. The van der Waals surface area contributed by atoms with Crippen molar-refractivity contribution in [1.29, 1.82) is 0 Å². The monoisotopic (exact) mass is 305 g/mol. The first-order valence-corrected chi connectivity index (χ1v) is 6.49. The Bertz CT molecular complexity index is 797. The highest BCUT2D eigenvalue weighted by atomic mass is 35.5. The summed E-state index contributed by atoms with van der Waals surface area (Å²) in [6, 6.07) is 11.8. The third-order valence-electron chi connectivity index (χ3n) is 3.02. The lowest BCUT2D eigenvalue weighted by molar-refractivity contribution is 0.627. The van der Waals surface area contributed by atoms with Crippen molar-refractivity contribution in [3.05, 3.63) is 65.2 Å². The lowest BCUT2D eigenvalue weighted by Crippen LogP contribution is -2.01. The molecule has 0 aliphatic rings. The standard InChI is InChI=1S/C15H10ClF2N3/c16-12-7-11(5-6-13(12)18)21-15(19)8-14(20-21)9-1-3-10(17)4-2-9/h1-8H,19H2. The van der Waals surface area contributed by atoms with Gasteiger partial charge in [0, 0.05) is 11.6 Å². The molecule has 0 fully saturated rings. The smallest absolute Gasteiger partial charge is 0.141 e. The topological polar surface area (TPSA) is 43.8 Å². The van der Waals surface area contributed by atoms with Gasteiger partial charge in [-0.05, 0) is 42.5 Å². The Labute approximate surface area is 124 Å². The highest BCUT2D eigenvalue weighted by Gasteiger charge is 2.10. The average molecular weight is 306 g/mol. The zero-order valence-corrected chi connectivity index (χ0v) is 11.5. The molecule has 0 aliphatic heterocycles. The number of benzene rings is 2. The SMILES string of the molecule is Nc1cc(-c2ccc(F)cc2)nn1-c1ccc(F)c(Cl)c1. The van der Waals surface area contributed by atoms with Gasteiger partial charge in [0.2, 0.25) is 0 Å². The summed E-state index contributed by atoms with van der Waals surface area (Å²) in [5, 5.41) is 4.33. The molecule has 2 N–H and O–H groups in total. The van der Waals surface area contributed by atoms with Gasteiger partial charge >= 0.3 is 0 Å². The van der Waals surface area contributed by atoms with Crippen molar-refractivity contribution in [2.75, 3.05) is 5.73 Å². The lowest BCUT2D eigenvalue weighted by atomic mass is 10.1. The van der Waals surface area contributed by atoms with Crippen LogP contribution < -0.4 is 5.73 Å². The van der Waals surface area contributed by atoms with Crippen molar-refractivity contribution in [3.8, 4) is 16.9 Å². The third-order valence-corrected chi connectivity index (χ3v) is 3.31. The van der Waals surface area contributed by atoms with Gasteiger partial charge in [-0.15, -0.1) is 0 Å². The molecule has 3 rings (SSSR count). The molecule has 0 bridgehead atoms. The van der Waals surface area contributed by atoms with E-state index in [1.807, 2.05) is 0 Å². The predicted molar refractivity (Wildman–Crippen MR) is 78.3 cm³/mol. The number of hydrogen-bond acceptors (Lipinski definition) is 2. The van der Waals surface area contributed by atoms with Crippen molar-refractivity contribution in [2.45, 2.75) is 0 Å². The molecule has 0 saturated carbocycles. The number of anilines is 1. The molecule has 1 heterocycles. The first-order chi connectivity index (χ1) is 10.0. The molecular formula is C15H10ClF2N3. The summed E-state index contributed by atoms with van der Waals surface area (Å²) in [4.78, 5) is 0. The number of halogens is 3. The molecule has 0 unspecified atom stereocenters. The Morgan fingerprint density at radius 3 is 2.38 bits per heavy atom. The maximum absolute atomic E-state index is 13.2. The summed E-state index contributed by atoms with van der Waals surface area (Å²) in [5.74, 6) is -0.460. The third kappa shape index (κ3) is 2.60. The van der Waals surface area contributed by atoms with Gasteiger partial charge in [-0.25, -0.2) is 13.5 Å². The molecule has 106 valence electrons. The van der Waals surface area contributed by atoms with Gasteiger partial charge in [0.15, 0.2) is 0 Å². The second-order valence-corrected chi connectivity index (χ2v) is 4.88. The molecule has 0 spiro atoms. The fraction of sp³-hybridized carbons (Fsp3) is 0. The zero-order chi connectivity index (χ0) is 15.0. The average Bonchev–Trinajstić information content (AvgIpc) is 2.85. The number of nitrogens with two attached hydrogens (primary N) is 1. The Hall–Kier alpha value is -2.40. The molecule has 21 heavy (non-hydrogen) atoms. The normalized spacial score (nSPS) is 10.8. The van der Waals surface area contributed by atoms with Crippen molar-refractivity contribution < 1.29 is 8.78 Å². The fourth-order valence-corrected chi connectivity index (χ4v) is 2.16. The van der Waals surface area contributed by atoms with Gasteiger partial charge in [-0.3, -0.25) is 0 Å². The second kappa shape index (κ2) is 5.18. The zero-order valence-electron chi connectivity index (χ0n) is 10.7. The number of rotatable bonds is 2. The van der Waals surface area contributed by atoms with Crippen LogP contribution in [-0.4, -0.2) is 9.78 Å². The quantitative estimate of drug-likeness (QED) is 0.776. The molecule has 0 amide bonds.